The molecule has 2 nitrogen and oxygen atoms in total. The maximum atomic E-state index is 9.59. The summed E-state index contributed by atoms with van der Waals surface area (Å²) in [5.41, 5.74) is 0. The zero-order chi connectivity index (χ0) is 5.98. The highest BCUT2D eigenvalue weighted by molar-refractivity contribution is 5.35. The van der Waals surface area contributed by atoms with E-state index in [4.69, 9.17) is 0 Å². The Bertz CT molecular complexity index is 147. The largest absolute Gasteiger partial charge is 0.235 e. The summed E-state index contributed by atoms with van der Waals surface area (Å²) in [7, 11) is 0. The minimum Gasteiger partial charge on any atom is -0.211 e. The van der Waals surface area contributed by atoms with E-state index in [9.17, 15) is 4.79 Å². The van der Waals surface area contributed by atoms with Crippen molar-refractivity contribution in [3.63, 3.8) is 0 Å². The summed E-state index contributed by atoms with van der Waals surface area (Å²) in [4.78, 5) is 13.1. The predicted molar refractivity (Wildman–Crippen MR) is 30.2 cm³/mol. The van der Waals surface area contributed by atoms with Gasteiger partial charge in [0.2, 0.25) is 6.08 Å². The number of nitrogens with zero attached hydrogens (tertiary/aromatic N) is 1. The first-order valence-corrected chi connectivity index (χ1v) is 2.58. The first-order chi connectivity index (χ1) is 3.88. The van der Waals surface area contributed by atoms with E-state index in [1.807, 2.05) is 6.08 Å². The van der Waals surface area contributed by atoms with Gasteiger partial charge in [-0.2, -0.15) is 0 Å². The summed E-state index contributed by atoms with van der Waals surface area (Å²) in [6, 6.07) is 0.213. The van der Waals surface area contributed by atoms with Gasteiger partial charge >= 0.3 is 0 Å². The Labute approximate surface area is 47.9 Å². The summed E-state index contributed by atoms with van der Waals surface area (Å²) in [5, 5.41) is 0. The molecule has 0 unspecified atom stereocenters. The molecule has 0 aliphatic heterocycles. The molecule has 42 valence electrons. The second kappa shape index (κ2) is 1.93. The Morgan fingerprint density at radius 2 is 2.62 bits per heavy atom. The Balaban J connectivity index is 2.36. The Hall–Kier alpha value is -0.880. The van der Waals surface area contributed by atoms with E-state index in [1.165, 1.54) is 6.08 Å². The summed E-state index contributed by atoms with van der Waals surface area (Å²) in [5.74, 6) is 0.455. The highest BCUT2D eigenvalue weighted by atomic mass is 16.1. The third-order valence-electron chi connectivity index (χ3n) is 1.33. The average molecular weight is 109 g/mol. The van der Waals surface area contributed by atoms with Crippen LogP contribution in [0.3, 0.4) is 0 Å². The van der Waals surface area contributed by atoms with Crippen molar-refractivity contribution in [3.8, 4) is 0 Å². The highest BCUT2D eigenvalue weighted by Crippen LogP contribution is 2.33. The molecule has 1 saturated carbocycles. The highest BCUT2D eigenvalue weighted by Gasteiger charge is 2.33. The summed E-state index contributed by atoms with van der Waals surface area (Å²) in [6.07, 6.45) is 4.33. The molecule has 1 fully saturated rings. The number of aliphatic imine (C=N–C) groups is 1. The van der Waals surface area contributed by atoms with Gasteiger partial charge in [-0.25, -0.2) is 9.79 Å². The normalized spacial score (nSPS) is 33.0. The SMILES string of the molecule is C=C[C@H]1C[C@H]1N=C=O. The number of isocyanates is 1. The molecule has 2 heteroatoms. The van der Waals surface area contributed by atoms with Crippen LogP contribution in [0.4, 0.5) is 0 Å². The summed E-state index contributed by atoms with van der Waals surface area (Å²) in [6.45, 7) is 3.57. The molecular weight excluding hydrogens is 102 g/mol. The summed E-state index contributed by atoms with van der Waals surface area (Å²) < 4.78 is 0. The Morgan fingerprint density at radius 1 is 1.88 bits per heavy atom. The maximum absolute atomic E-state index is 9.59. The molecule has 0 aromatic rings. The second-order valence-corrected chi connectivity index (χ2v) is 1.92. The third kappa shape index (κ3) is 0.849. The van der Waals surface area contributed by atoms with Gasteiger partial charge < -0.3 is 0 Å². The molecule has 0 saturated heterocycles. The molecule has 0 aromatic heterocycles. The summed E-state index contributed by atoms with van der Waals surface area (Å²) >= 11 is 0. The molecule has 0 spiro atoms. The van der Waals surface area contributed by atoms with Gasteiger partial charge in [0.15, 0.2) is 0 Å². The van der Waals surface area contributed by atoms with Crippen LogP contribution in [0, 0.1) is 5.92 Å². The first-order valence-electron chi connectivity index (χ1n) is 2.58. The molecule has 0 amide bonds. The average Bonchev–Trinajstić information content (AvgIpc) is 2.48. The maximum Gasteiger partial charge on any atom is 0.235 e. The fourth-order valence-corrected chi connectivity index (χ4v) is 0.670. The van der Waals surface area contributed by atoms with Crippen LogP contribution in [0.5, 0.6) is 0 Å². The van der Waals surface area contributed by atoms with Crippen LogP contribution in [0.2, 0.25) is 0 Å². The number of rotatable bonds is 2. The fourth-order valence-electron chi connectivity index (χ4n) is 0.670. The van der Waals surface area contributed by atoms with Gasteiger partial charge in [-0.15, -0.1) is 6.58 Å². The van der Waals surface area contributed by atoms with Crippen LogP contribution in [0.1, 0.15) is 6.42 Å². The molecule has 0 bridgehead atoms. The van der Waals surface area contributed by atoms with Crippen LogP contribution in [0.15, 0.2) is 17.6 Å². The minimum absolute atomic E-state index is 0.213. The van der Waals surface area contributed by atoms with Crippen molar-refractivity contribution in [2.75, 3.05) is 0 Å². The van der Waals surface area contributed by atoms with Crippen molar-refractivity contribution in [2.24, 2.45) is 10.9 Å². The lowest BCUT2D eigenvalue weighted by Crippen LogP contribution is -1.75. The quantitative estimate of drug-likeness (QED) is 0.294. The van der Waals surface area contributed by atoms with Gasteiger partial charge in [-0.3, -0.25) is 0 Å². The number of hydrogen-bond acceptors (Lipinski definition) is 2. The fraction of sp³-hybridized carbons (Fsp3) is 0.500. The lowest BCUT2D eigenvalue weighted by molar-refractivity contribution is 0.562. The van der Waals surface area contributed by atoms with Crippen LogP contribution in [-0.2, 0) is 4.79 Å². The molecule has 2 atom stereocenters. The number of carbonyl (C=O) groups excluding carboxylic acids is 1. The smallest absolute Gasteiger partial charge is 0.211 e. The zero-order valence-electron chi connectivity index (χ0n) is 4.50. The van der Waals surface area contributed by atoms with Crippen molar-refractivity contribution in [1.29, 1.82) is 0 Å². The van der Waals surface area contributed by atoms with Gasteiger partial charge in [-0.1, -0.05) is 6.08 Å². The van der Waals surface area contributed by atoms with Crippen LogP contribution in [0.25, 0.3) is 0 Å². The lowest BCUT2D eigenvalue weighted by Gasteiger charge is -1.74. The third-order valence-corrected chi connectivity index (χ3v) is 1.33. The van der Waals surface area contributed by atoms with Gasteiger partial charge in [0.05, 0.1) is 6.04 Å². The molecule has 8 heavy (non-hydrogen) atoms. The van der Waals surface area contributed by atoms with E-state index in [0.29, 0.717) is 5.92 Å². The standard InChI is InChI=1S/C6H7NO/c1-2-5-3-6(5)7-4-8/h2,5-6H,1,3H2/t5-,6+/m0/s1. The van der Waals surface area contributed by atoms with E-state index in [1.54, 1.807) is 0 Å². The number of hydrogen-bond donors (Lipinski definition) is 0. The monoisotopic (exact) mass is 109 g/mol. The minimum atomic E-state index is 0.213. The van der Waals surface area contributed by atoms with Crippen molar-refractivity contribution in [2.45, 2.75) is 12.5 Å². The van der Waals surface area contributed by atoms with E-state index >= 15 is 0 Å². The van der Waals surface area contributed by atoms with E-state index in [0.717, 1.165) is 6.42 Å². The topological polar surface area (TPSA) is 29.4 Å². The Kier molecular flexibility index (Phi) is 1.27. The van der Waals surface area contributed by atoms with Crippen LogP contribution < -0.4 is 0 Å². The second-order valence-electron chi connectivity index (χ2n) is 1.92. The van der Waals surface area contributed by atoms with Gasteiger partial charge in [-0.05, 0) is 6.42 Å². The zero-order valence-corrected chi connectivity index (χ0v) is 4.50. The molecule has 0 heterocycles. The van der Waals surface area contributed by atoms with Gasteiger partial charge in [0, 0.05) is 5.92 Å². The first kappa shape index (κ1) is 5.26. The van der Waals surface area contributed by atoms with Crippen molar-refractivity contribution in [3.05, 3.63) is 12.7 Å². The van der Waals surface area contributed by atoms with E-state index < -0.39 is 0 Å². The van der Waals surface area contributed by atoms with Gasteiger partial charge in [0.25, 0.3) is 0 Å². The molecule has 0 radical (unpaired) electrons. The lowest BCUT2D eigenvalue weighted by atomic mass is 10.4. The molecule has 1 aliphatic rings. The molecular formula is C6H7NO. The van der Waals surface area contributed by atoms with Crippen LogP contribution >= 0.6 is 0 Å². The van der Waals surface area contributed by atoms with Crippen molar-refractivity contribution >= 4 is 6.08 Å². The van der Waals surface area contributed by atoms with Crippen LogP contribution in [-0.4, -0.2) is 12.1 Å². The van der Waals surface area contributed by atoms with E-state index in [2.05, 4.69) is 11.6 Å². The van der Waals surface area contributed by atoms with Gasteiger partial charge in [0.1, 0.15) is 0 Å². The molecule has 1 aliphatic carbocycles. The molecule has 1 rings (SSSR count). The molecule has 0 N–H and O–H groups in total. The van der Waals surface area contributed by atoms with E-state index in [-0.39, 0.29) is 6.04 Å². The van der Waals surface area contributed by atoms with Crippen molar-refractivity contribution < 1.29 is 4.79 Å². The molecule has 0 aromatic carbocycles. The predicted octanol–water partition coefficient (Wildman–Crippen LogP) is 0.897. The van der Waals surface area contributed by atoms with Crippen molar-refractivity contribution in [1.82, 2.24) is 0 Å². The Morgan fingerprint density at radius 3 is 3.00 bits per heavy atom.